The summed E-state index contributed by atoms with van der Waals surface area (Å²) >= 11 is 19.1. The number of rotatable bonds is 2. The van der Waals surface area contributed by atoms with Crippen LogP contribution in [0.3, 0.4) is 0 Å². The van der Waals surface area contributed by atoms with Gasteiger partial charge in [-0.15, -0.1) is 11.3 Å². The molecule has 1 N–H and O–H groups in total. The molecule has 1 aromatic carbocycles. The molecule has 2 aromatic rings. The zero-order chi connectivity index (χ0) is 11.7. The van der Waals surface area contributed by atoms with Gasteiger partial charge in [0.2, 0.25) is 0 Å². The van der Waals surface area contributed by atoms with Crippen molar-refractivity contribution in [3.05, 3.63) is 55.2 Å². The maximum atomic E-state index is 10.1. The summed E-state index contributed by atoms with van der Waals surface area (Å²) in [6.07, 6.45) is -0.835. The molecule has 1 aromatic heterocycles. The van der Waals surface area contributed by atoms with Crippen molar-refractivity contribution >= 4 is 46.1 Å². The van der Waals surface area contributed by atoms with Gasteiger partial charge < -0.3 is 5.11 Å². The molecule has 0 aliphatic rings. The van der Waals surface area contributed by atoms with E-state index < -0.39 is 6.10 Å². The fourth-order valence-corrected chi connectivity index (χ4v) is 3.05. The van der Waals surface area contributed by atoms with Gasteiger partial charge in [-0.1, -0.05) is 40.9 Å². The molecule has 0 bridgehead atoms. The highest BCUT2D eigenvalue weighted by Crippen LogP contribution is 2.37. The second kappa shape index (κ2) is 4.94. The Morgan fingerprint density at radius 2 is 1.62 bits per heavy atom. The van der Waals surface area contributed by atoms with E-state index in [0.717, 1.165) is 4.88 Å². The van der Waals surface area contributed by atoms with E-state index in [9.17, 15) is 5.11 Å². The minimum absolute atomic E-state index is 0.449. The van der Waals surface area contributed by atoms with Crippen molar-refractivity contribution in [1.29, 1.82) is 0 Å². The first-order valence-electron chi connectivity index (χ1n) is 4.47. The lowest BCUT2D eigenvalue weighted by Crippen LogP contribution is -1.98. The van der Waals surface area contributed by atoms with E-state index >= 15 is 0 Å². The van der Waals surface area contributed by atoms with Crippen LogP contribution < -0.4 is 0 Å². The third-order valence-electron chi connectivity index (χ3n) is 2.14. The summed E-state index contributed by atoms with van der Waals surface area (Å²) in [5, 5.41) is 11.0. The lowest BCUT2D eigenvalue weighted by Gasteiger charge is -2.12. The molecule has 16 heavy (non-hydrogen) atoms. The molecule has 0 fully saturated rings. The van der Waals surface area contributed by atoms with Crippen molar-refractivity contribution < 1.29 is 5.11 Å². The van der Waals surface area contributed by atoms with E-state index in [1.807, 2.05) is 0 Å². The molecule has 0 aliphatic heterocycles. The maximum Gasteiger partial charge on any atom is 0.116 e. The van der Waals surface area contributed by atoms with Gasteiger partial charge in [0.05, 0.1) is 4.34 Å². The van der Waals surface area contributed by atoms with Crippen LogP contribution in [0, 0.1) is 0 Å². The highest BCUT2D eigenvalue weighted by atomic mass is 35.5. The molecule has 1 atom stereocenters. The first-order chi connectivity index (χ1) is 7.59. The summed E-state index contributed by atoms with van der Waals surface area (Å²) in [5.41, 5.74) is 0.518. The number of hydrogen-bond donors (Lipinski definition) is 1. The van der Waals surface area contributed by atoms with E-state index in [1.165, 1.54) is 11.3 Å². The fourth-order valence-electron chi connectivity index (χ4n) is 1.39. The van der Waals surface area contributed by atoms with Crippen molar-refractivity contribution in [3.8, 4) is 0 Å². The number of thiophene rings is 1. The van der Waals surface area contributed by atoms with Gasteiger partial charge >= 0.3 is 0 Å². The highest BCUT2D eigenvalue weighted by molar-refractivity contribution is 7.16. The second-order valence-electron chi connectivity index (χ2n) is 3.18. The lowest BCUT2D eigenvalue weighted by molar-refractivity contribution is 0.224. The first kappa shape index (κ1) is 12.2. The molecular formula is C11H7Cl3OS. The number of halogens is 3. The zero-order valence-corrected chi connectivity index (χ0v) is 11.0. The Balaban J connectivity index is 2.45. The van der Waals surface area contributed by atoms with Crippen LogP contribution in [0.25, 0.3) is 0 Å². The Morgan fingerprint density at radius 3 is 2.12 bits per heavy atom. The number of aliphatic hydroxyl groups excluding tert-OH is 1. The molecular weight excluding hydrogens is 287 g/mol. The van der Waals surface area contributed by atoms with Crippen molar-refractivity contribution in [2.75, 3.05) is 0 Å². The van der Waals surface area contributed by atoms with Crippen LogP contribution in [-0.4, -0.2) is 5.11 Å². The predicted octanol–water partition coefficient (Wildman–Crippen LogP) is 4.79. The average Bonchev–Trinajstić information content (AvgIpc) is 2.64. The first-order valence-corrected chi connectivity index (χ1v) is 6.42. The van der Waals surface area contributed by atoms with Gasteiger partial charge in [-0.2, -0.15) is 0 Å². The summed E-state index contributed by atoms with van der Waals surface area (Å²) in [6.45, 7) is 0. The van der Waals surface area contributed by atoms with Crippen molar-refractivity contribution in [2.45, 2.75) is 6.10 Å². The third-order valence-corrected chi connectivity index (χ3v) is 4.08. The van der Waals surface area contributed by atoms with E-state index in [-0.39, 0.29) is 0 Å². The predicted molar refractivity (Wildman–Crippen MR) is 69.9 cm³/mol. The van der Waals surface area contributed by atoms with E-state index in [4.69, 9.17) is 34.8 Å². The molecule has 84 valence electrons. The lowest BCUT2D eigenvalue weighted by atomic mass is 10.1. The Bertz CT molecular complexity index is 489. The van der Waals surface area contributed by atoms with Crippen LogP contribution >= 0.6 is 46.1 Å². The monoisotopic (exact) mass is 292 g/mol. The summed E-state index contributed by atoms with van der Waals surface area (Å²) < 4.78 is 0.622. The van der Waals surface area contributed by atoms with Crippen LogP contribution in [0.4, 0.5) is 0 Å². The van der Waals surface area contributed by atoms with Gasteiger partial charge in [0.15, 0.2) is 0 Å². The van der Waals surface area contributed by atoms with Crippen LogP contribution in [0.1, 0.15) is 16.5 Å². The van der Waals surface area contributed by atoms with E-state index in [1.54, 1.807) is 30.3 Å². The molecule has 0 amide bonds. The van der Waals surface area contributed by atoms with E-state index in [2.05, 4.69) is 0 Å². The normalized spacial score (nSPS) is 12.8. The fraction of sp³-hybridized carbons (Fsp3) is 0.0909. The Morgan fingerprint density at radius 1 is 1.00 bits per heavy atom. The Kier molecular flexibility index (Phi) is 3.77. The molecule has 0 spiro atoms. The summed E-state index contributed by atoms with van der Waals surface area (Å²) in [4.78, 5) is 0.722. The smallest absolute Gasteiger partial charge is 0.116 e. The summed E-state index contributed by atoms with van der Waals surface area (Å²) in [7, 11) is 0. The molecule has 0 aliphatic carbocycles. The maximum absolute atomic E-state index is 10.1. The Hall–Kier alpha value is -0.250. The topological polar surface area (TPSA) is 20.2 Å². The minimum Gasteiger partial charge on any atom is -0.383 e. The molecule has 0 radical (unpaired) electrons. The van der Waals surface area contributed by atoms with Crippen LogP contribution in [0.2, 0.25) is 14.4 Å². The van der Waals surface area contributed by atoms with Gasteiger partial charge in [0.25, 0.3) is 0 Å². The summed E-state index contributed by atoms with van der Waals surface area (Å²) in [5.74, 6) is 0. The molecule has 1 nitrogen and oxygen atoms in total. The molecule has 1 heterocycles. The van der Waals surface area contributed by atoms with Crippen LogP contribution in [0.15, 0.2) is 30.3 Å². The zero-order valence-electron chi connectivity index (χ0n) is 7.95. The SMILES string of the molecule is OC(c1ccc(Cl)s1)c1c(Cl)cccc1Cl. The number of hydrogen-bond acceptors (Lipinski definition) is 2. The van der Waals surface area contributed by atoms with Gasteiger partial charge in [0, 0.05) is 20.5 Å². The van der Waals surface area contributed by atoms with Gasteiger partial charge in [0.1, 0.15) is 6.10 Å². The minimum atomic E-state index is -0.835. The third kappa shape index (κ3) is 2.36. The number of benzene rings is 1. The second-order valence-corrected chi connectivity index (χ2v) is 5.74. The standard InChI is InChI=1S/C11H7Cl3OS/c12-6-2-1-3-7(13)10(6)11(15)8-4-5-9(14)16-8/h1-5,11,15H. The van der Waals surface area contributed by atoms with Gasteiger partial charge in [-0.25, -0.2) is 0 Å². The van der Waals surface area contributed by atoms with E-state index in [0.29, 0.717) is 19.9 Å². The van der Waals surface area contributed by atoms with Crippen LogP contribution in [0.5, 0.6) is 0 Å². The molecule has 2 rings (SSSR count). The highest BCUT2D eigenvalue weighted by Gasteiger charge is 2.18. The van der Waals surface area contributed by atoms with Crippen molar-refractivity contribution in [1.82, 2.24) is 0 Å². The molecule has 0 saturated heterocycles. The van der Waals surface area contributed by atoms with Crippen molar-refractivity contribution in [2.24, 2.45) is 0 Å². The quantitative estimate of drug-likeness (QED) is 0.844. The van der Waals surface area contributed by atoms with Gasteiger partial charge in [-0.3, -0.25) is 0 Å². The summed E-state index contributed by atoms with van der Waals surface area (Å²) in [6, 6.07) is 8.62. The Labute approximate surface area is 112 Å². The average molecular weight is 294 g/mol. The van der Waals surface area contributed by atoms with Crippen molar-refractivity contribution in [3.63, 3.8) is 0 Å². The molecule has 1 unspecified atom stereocenters. The van der Waals surface area contributed by atoms with Gasteiger partial charge in [-0.05, 0) is 24.3 Å². The van der Waals surface area contributed by atoms with Crippen LogP contribution in [-0.2, 0) is 0 Å². The molecule has 0 saturated carbocycles. The molecule has 5 heteroatoms. The largest absolute Gasteiger partial charge is 0.383 e. The number of aliphatic hydroxyl groups is 1.